The largest absolute Gasteiger partial charge is 0.496 e. The molecule has 0 aliphatic heterocycles. The normalized spacial score (nSPS) is 12.0. The van der Waals surface area contributed by atoms with E-state index in [1.807, 2.05) is 37.3 Å². The summed E-state index contributed by atoms with van der Waals surface area (Å²) in [5.74, 6) is 0.903. The van der Waals surface area contributed by atoms with Crippen LogP contribution in [0.5, 0.6) is 5.75 Å². The molecule has 0 radical (unpaired) electrons. The Morgan fingerprint density at radius 3 is 2.52 bits per heavy atom. The van der Waals surface area contributed by atoms with Gasteiger partial charge in [-0.1, -0.05) is 36.4 Å². The maximum absolute atomic E-state index is 5.53. The molecule has 1 N–H and O–H groups in total. The molecule has 0 aliphatic carbocycles. The molecule has 2 rings (SSSR count). The van der Waals surface area contributed by atoms with E-state index >= 15 is 0 Å². The second kappa shape index (κ2) is 7.70. The molecule has 3 heteroatoms. The molecule has 21 heavy (non-hydrogen) atoms. The summed E-state index contributed by atoms with van der Waals surface area (Å²) in [6.45, 7) is 5.48. The van der Waals surface area contributed by atoms with Crippen LogP contribution in [-0.4, -0.2) is 13.7 Å². The van der Waals surface area contributed by atoms with Gasteiger partial charge in [0.2, 0.25) is 0 Å². The minimum absolute atomic E-state index is 0.156. The molecule has 1 atom stereocenters. The van der Waals surface area contributed by atoms with Crippen LogP contribution in [0.1, 0.15) is 31.0 Å². The fourth-order valence-electron chi connectivity index (χ4n) is 2.33. The van der Waals surface area contributed by atoms with Gasteiger partial charge < -0.3 is 14.8 Å². The van der Waals surface area contributed by atoms with Crippen molar-refractivity contribution in [1.82, 2.24) is 0 Å². The zero-order valence-corrected chi connectivity index (χ0v) is 12.9. The van der Waals surface area contributed by atoms with Crippen molar-refractivity contribution in [2.24, 2.45) is 0 Å². The van der Waals surface area contributed by atoms with Crippen molar-refractivity contribution in [1.29, 1.82) is 0 Å². The third-order valence-electron chi connectivity index (χ3n) is 3.46. The van der Waals surface area contributed by atoms with Crippen LogP contribution in [-0.2, 0) is 11.3 Å². The molecular weight excluding hydrogens is 262 g/mol. The number of hydrogen-bond donors (Lipinski definition) is 1. The fourth-order valence-corrected chi connectivity index (χ4v) is 2.33. The number of methoxy groups -OCH3 is 1. The van der Waals surface area contributed by atoms with E-state index in [0.29, 0.717) is 6.61 Å². The Morgan fingerprint density at radius 1 is 1.05 bits per heavy atom. The van der Waals surface area contributed by atoms with Gasteiger partial charge in [-0.3, -0.25) is 0 Å². The predicted molar refractivity (Wildman–Crippen MR) is 86.8 cm³/mol. The molecule has 0 saturated heterocycles. The van der Waals surface area contributed by atoms with Crippen LogP contribution < -0.4 is 10.1 Å². The number of benzene rings is 2. The first kappa shape index (κ1) is 15.4. The molecular formula is C18H23NO2. The highest BCUT2D eigenvalue weighted by atomic mass is 16.5. The summed E-state index contributed by atoms with van der Waals surface area (Å²) in [5.41, 5.74) is 3.41. The van der Waals surface area contributed by atoms with Crippen LogP contribution in [0.2, 0.25) is 0 Å². The van der Waals surface area contributed by atoms with Gasteiger partial charge >= 0.3 is 0 Å². The lowest BCUT2D eigenvalue weighted by molar-refractivity contribution is 0.134. The molecule has 0 bridgehead atoms. The smallest absolute Gasteiger partial charge is 0.124 e. The quantitative estimate of drug-likeness (QED) is 0.817. The van der Waals surface area contributed by atoms with Gasteiger partial charge in [-0.25, -0.2) is 0 Å². The summed E-state index contributed by atoms with van der Waals surface area (Å²) in [6.07, 6.45) is 0. The summed E-state index contributed by atoms with van der Waals surface area (Å²) in [7, 11) is 1.70. The third-order valence-corrected chi connectivity index (χ3v) is 3.46. The first-order valence-electron chi connectivity index (χ1n) is 7.31. The molecule has 112 valence electrons. The second-order valence-electron chi connectivity index (χ2n) is 4.90. The predicted octanol–water partition coefficient (Wildman–Crippen LogP) is 4.40. The van der Waals surface area contributed by atoms with Crippen molar-refractivity contribution in [2.75, 3.05) is 19.0 Å². The lowest BCUT2D eigenvalue weighted by Crippen LogP contribution is -2.10. The minimum Gasteiger partial charge on any atom is -0.496 e. The van der Waals surface area contributed by atoms with E-state index in [1.165, 1.54) is 5.56 Å². The van der Waals surface area contributed by atoms with Gasteiger partial charge in [-0.05, 0) is 26.0 Å². The average molecular weight is 285 g/mol. The molecule has 0 fully saturated rings. The van der Waals surface area contributed by atoms with Crippen LogP contribution >= 0.6 is 0 Å². The van der Waals surface area contributed by atoms with Crippen LogP contribution in [0, 0.1) is 0 Å². The van der Waals surface area contributed by atoms with Gasteiger partial charge in [0.05, 0.1) is 19.8 Å². The minimum atomic E-state index is 0.156. The molecule has 0 saturated carbocycles. The van der Waals surface area contributed by atoms with Crippen LogP contribution in [0.4, 0.5) is 5.69 Å². The topological polar surface area (TPSA) is 30.5 Å². The number of hydrogen-bond acceptors (Lipinski definition) is 3. The average Bonchev–Trinajstić information content (AvgIpc) is 2.54. The summed E-state index contributed by atoms with van der Waals surface area (Å²) in [4.78, 5) is 0. The van der Waals surface area contributed by atoms with Gasteiger partial charge in [-0.2, -0.15) is 0 Å². The highest BCUT2D eigenvalue weighted by Crippen LogP contribution is 2.28. The third kappa shape index (κ3) is 3.99. The molecule has 0 spiro atoms. The Bertz CT molecular complexity index is 569. The molecule has 0 amide bonds. The standard InChI is InChI=1S/C18H23NO2/c1-4-21-13-15-9-5-7-11-17(15)19-14(2)16-10-6-8-12-18(16)20-3/h5-12,14,19H,4,13H2,1-3H3. The molecule has 2 aromatic carbocycles. The van der Waals surface area contributed by atoms with Crippen LogP contribution in [0.3, 0.4) is 0 Å². The Morgan fingerprint density at radius 2 is 1.76 bits per heavy atom. The van der Waals surface area contributed by atoms with E-state index in [2.05, 4.69) is 30.4 Å². The molecule has 3 nitrogen and oxygen atoms in total. The van der Waals surface area contributed by atoms with Crippen LogP contribution in [0.25, 0.3) is 0 Å². The summed E-state index contributed by atoms with van der Waals surface area (Å²) in [5, 5.41) is 3.55. The fraction of sp³-hybridized carbons (Fsp3) is 0.333. The van der Waals surface area contributed by atoms with E-state index in [1.54, 1.807) is 7.11 Å². The first-order valence-corrected chi connectivity index (χ1v) is 7.31. The van der Waals surface area contributed by atoms with Gasteiger partial charge in [0.15, 0.2) is 0 Å². The molecule has 0 heterocycles. The van der Waals surface area contributed by atoms with Gasteiger partial charge in [0, 0.05) is 23.4 Å². The molecule has 1 unspecified atom stereocenters. The maximum Gasteiger partial charge on any atom is 0.124 e. The lowest BCUT2D eigenvalue weighted by atomic mass is 10.1. The zero-order valence-electron chi connectivity index (χ0n) is 12.9. The Hall–Kier alpha value is -2.00. The van der Waals surface area contributed by atoms with Crippen molar-refractivity contribution in [3.63, 3.8) is 0 Å². The van der Waals surface area contributed by atoms with E-state index in [4.69, 9.17) is 9.47 Å². The summed E-state index contributed by atoms with van der Waals surface area (Å²) < 4.78 is 11.0. The van der Waals surface area contributed by atoms with Crippen molar-refractivity contribution >= 4 is 5.69 Å². The monoisotopic (exact) mass is 285 g/mol. The summed E-state index contributed by atoms with van der Waals surface area (Å²) >= 11 is 0. The van der Waals surface area contributed by atoms with Crippen molar-refractivity contribution < 1.29 is 9.47 Å². The van der Waals surface area contributed by atoms with E-state index in [-0.39, 0.29) is 6.04 Å². The first-order chi connectivity index (χ1) is 10.3. The van der Waals surface area contributed by atoms with Crippen molar-refractivity contribution in [2.45, 2.75) is 26.5 Å². The second-order valence-corrected chi connectivity index (χ2v) is 4.90. The zero-order chi connectivity index (χ0) is 15.1. The Balaban J connectivity index is 2.17. The number of nitrogens with one attached hydrogen (secondary N) is 1. The van der Waals surface area contributed by atoms with E-state index < -0.39 is 0 Å². The number of anilines is 1. The van der Waals surface area contributed by atoms with Gasteiger partial charge in [0.25, 0.3) is 0 Å². The highest BCUT2D eigenvalue weighted by Gasteiger charge is 2.12. The van der Waals surface area contributed by atoms with E-state index in [0.717, 1.165) is 23.6 Å². The number of ether oxygens (including phenoxy) is 2. The molecule has 0 aliphatic rings. The summed E-state index contributed by atoms with van der Waals surface area (Å²) in [6, 6.07) is 16.5. The van der Waals surface area contributed by atoms with Crippen LogP contribution in [0.15, 0.2) is 48.5 Å². The van der Waals surface area contributed by atoms with E-state index in [9.17, 15) is 0 Å². The van der Waals surface area contributed by atoms with Gasteiger partial charge in [0.1, 0.15) is 5.75 Å². The van der Waals surface area contributed by atoms with Crippen molar-refractivity contribution in [3.8, 4) is 5.75 Å². The SMILES string of the molecule is CCOCc1ccccc1NC(C)c1ccccc1OC. The number of rotatable bonds is 7. The molecule has 0 aromatic heterocycles. The lowest BCUT2D eigenvalue weighted by Gasteiger charge is -2.20. The Labute approximate surface area is 126 Å². The molecule has 2 aromatic rings. The maximum atomic E-state index is 5.53. The van der Waals surface area contributed by atoms with Crippen molar-refractivity contribution in [3.05, 3.63) is 59.7 Å². The number of para-hydroxylation sites is 2. The highest BCUT2D eigenvalue weighted by molar-refractivity contribution is 5.53. The van der Waals surface area contributed by atoms with Gasteiger partial charge in [-0.15, -0.1) is 0 Å². The Kier molecular flexibility index (Phi) is 5.64.